The predicted octanol–water partition coefficient (Wildman–Crippen LogP) is 6.11. The summed E-state index contributed by atoms with van der Waals surface area (Å²) in [6.07, 6.45) is 3.19. The van der Waals surface area contributed by atoms with Gasteiger partial charge in [0.25, 0.3) is 5.91 Å². The molecule has 1 aromatic heterocycles. The molecule has 2 unspecified atom stereocenters. The highest BCUT2D eigenvalue weighted by Gasteiger charge is 2.40. The molecule has 1 amide bonds. The van der Waals surface area contributed by atoms with E-state index in [0.29, 0.717) is 23.4 Å². The highest BCUT2D eigenvalue weighted by Crippen LogP contribution is 2.45. The van der Waals surface area contributed by atoms with Gasteiger partial charge in [-0.05, 0) is 67.8 Å². The van der Waals surface area contributed by atoms with Crippen LogP contribution in [0, 0.1) is 6.92 Å². The van der Waals surface area contributed by atoms with Gasteiger partial charge in [-0.2, -0.15) is 0 Å². The zero-order chi connectivity index (χ0) is 25.2. The number of carbonyl (C=O) groups excluding carboxylic acids is 2. The van der Waals surface area contributed by atoms with Crippen LogP contribution in [0.4, 0.5) is 5.82 Å². The van der Waals surface area contributed by atoms with E-state index >= 15 is 0 Å². The van der Waals surface area contributed by atoms with Crippen LogP contribution in [-0.2, 0) is 9.59 Å². The zero-order valence-corrected chi connectivity index (χ0v) is 21.5. The third kappa shape index (κ3) is 4.73. The SMILES string of the molecule is CSc1ccc(C2C(C(=O)Nc3cccc(C)n3)=C(C)NC3=C2C(=O)CC(c2ccccc2)C3)cc1. The number of allylic oxidation sites excluding steroid dienone is 3. The first-order chi connectivity index (χ1) is 17.4. The van der Waals surface area contributed by atoms with Crippen molar-refractivity contribution < 1.29 is 9.59 Å². The largest absolute Gasteiger partial charge is 0.362 e. The lowest BCUT2D eigenvalue weighted by Crippen LogP contribution is -2.37. The molecule has 2 N–H and O–H groups in total. The smallest absolute Gasteiger partial charge is 0.255 e. The van der Waals surface area contributed by atoms with Crippen LogP contribution < -0.4 is 10.6 Å². The summed E-state index contributed by atoms with van der Waals surface area (Å²) >= 11 is 1.67. The second kappa shape index (κ2) is 10.2. The molecule has 2 aliphatic rings. The molecule has 0 fully saturated rings. The number of carbonyl (C=O) groups is 2. The number of ketones is 1. The molecule has 2 atom stereocenters. The van der Waals surface area contributed by atoms with Crippen molar-refractivity contribution in [3.8, 4) is 0 Å². The average molecular weight is 496 g/mol. The van der Waals surface area contributed by atoms with Gasteiger partial charge in [-0.15, -0.1) is 11.8 Å². The summed E-state index contributed by atoms with van der Waals surface area (Å²) in [4.78, 5) is 33.0. The molecule has 36 heavy (non-hydrogen) atoms. The Bertz CT molecular complexity index is 1380. The summed E-state index contributed by atoms with van der Waals surface area (Å²) < 4.78 is 0. The van der Waals surface area contributed by atoms with Gasteiger partial charge in [0.2, 0.25) is 0 Å². The summed E-state index contributed by atoms with van der Waals surface area (Å²) in [5.41, 5.74) is 5.86. The molecular formula is C30H29N3O2S. The Hall–Kier alpha value is -3.64. The fraction of sp³-hybridized carbons (Fsp3) is 0.233. The van der Waals surface area contributed by atoms with Crippen molar-refractivity contribution >= 4 is 29.3 Å². The molecule has 2 aromatic carbocycles. The first-order valence-corrected chi connectivity index (χ1v) is 13.3. The maximum Gasteiger partial charge on any atom is 0.255 e. The fourth-order valence-electron chi connectivity index (χ4n) is 5.23. The molecule has 0 saturated heterocycles. The van der Waals surface area contributed by atoms with Crippen LogP contribution >= 0.6 is 11.8 Å². The topological polar surface area (TPSA) is 71.1 Å². The number of thioether (sulfide) groups is 1. The van der Waals surface area contributed by atoms with Crippen LogP contribution in [0.5, 0.6) is 0 Å². The number of anilines is 1. The van der Waals surface area contributed by atoms with E-state index in [9.17, 15) is 9.59 Å². The van der Waals surface area contributed by atoms with E-state index in [1.807, 2.05) is 62.6 Å². The number of rotatable bonds is 5. The number of hydrogen-bond donors (Lipinski definition) is 2. The highest BCUT2D eigenvalue weighted by atomic mass is 32.2. The summed E-state index contributed by atoms with van der Waals surface area (Å²) in [6, 6.07) is 23.9. The van der Waals surface area contributed by atoms with E-state index in [1.165, 1.54) is 0 Å². The van der Waals surface area contributed by atoms with Crippen molar-refractivity contribution in [2.24, 2.45) is 0 Å². The molecule has 6 heteroatoms. The molecule has 5 rings (SSSR count). The second-order valence-electron chi connectivity index (χ2n) is 9.32. The van der Waals surface area contributed by atoms with Crippen LogP contribution in [0.1, 0.15) is 48.4 Å². The maximum absolute atomic E-state index is 13.7. The second-order valence-corrected chi connectivity index (χ2v) is 10.2. The van der Waals surface area contributed by atoms with Crippen molar-refractivity contribution in [1.82, 2.24) is 10.3 Å². The van der Waals surface area contributed by atoms with Gasteiger partial charge in [-0.3, -0.25) is 9.59 Å². The van der Waals surface area contributed by atoms with Crippen LogP contribution in [0.15, 0.2) is 100 Å². The molecule has 5 nitrogen and oxygen atoms in total. The first kappa shape index (κ1) is 24.1. The number of aromatic nitrogens is 1. The lowest BCUT2D eigenvalue weighted by molar-refractivity contribution is -0.116. The quantitative estimate of drug-likeness (QED) is 0.418. The van der Waals surface area contributed by atoms with Crippen molar-refractivity contribution in [2.75, 3.05) is 11.6 Å². The lowest BCUT2D eigenvalue weighted by atomic mass is 9.71. The van der Waals surface area contributed by atoms with Gasteiger partial charge in [0, 0.05) is 45.5 Å². The van der Waals surface area contributed by atoms with Crippen molar-refractivity contribution in [3.05, 3.63) is 112 Å². The van der Waals surface area contributed by atoms with Gasteiger partial charge in [0.05, 0.1) is 0 Å². The number of Topliss-reactive ketones (excluding diaryl/α,β-unsaturated/α-hetero) is 1. The molecule has 0 spiro atoms. The molecule has 0 bridgehead atoms. The van der Waals surface area contributed by atoms with E-state index in [2.05, 4.69) is 39.9 Å². The van der Waals surface area contributed by atoms with Gasteiger partial charge in [-0.1, -0.05) is 48.5 Å². The van der Waals surface area contributed by atoms with Crippen LogP contribution in [0.2, 0.25) is 0 Å². The van der Waals surface area contributed by atoms with E-state index in [0.717, 1.165) is 39.5 Å². The number of benzene rings is 2. The molecular weight excluding hydrogens is 466 g/mol. The van der Waals surface area contributed by atoms with Gasteiger partial charge < -0.3 is 10.6 Å². The van der Waals surface area contributed by atoms with E-state index in [4.69, 9.17) is 0 Å². The number of nitrogens with one attached hydrogen (secondary N) is 2. The molecule has 1 aliphatic heterocycles. The van der Waals surface area contributed by atoms with Gasteiger partial charge in [-0.25, -0.2) is 4.98 Å². The van der Waals surface area contributed by atoms with E-state index in [1.54, 1.807) is 17.8 Å². The monoisotopic (exact) mass is 495 g/mol. The third-order valence-corrected chi connectivity index (χ3v) is 7.67. The molecule has 182 valence electrons. The van der Waals surface area contributed by atoms with Crippen LogP contribution in [-0.4, -0.2) is 22.9 Å². The average Bonchev–Trinajstić information content (AvgIpc) is 2.88. The maximum atomic E-state index is 13.7. The Morgan fingerprint density at radius 3 is 2.39 bits per heavy atom. The van der Waals surface area contributed by atoms with Gasteiger partial charge in [0.1, 0.15) is 5.82 Å². The summed E-state index contributed by atoms with van der Waals surface area (Å²) in [5, 5.41) is 6.42. The molecule has 3 aromatic rings. The number of amides is 1. The minimum absolute atomic E-state index is 0.0861. The van der Waals surface area contributed by atoms with Crippen molar-refractivity contribution in [2.45, 2.75) is 43.4 Å². The normalized spacial score (nSPS) is 19.6. The lowest BCUT2D eigenvalue weighted by Gasteiger charge is -2.37. The summed E-state index contributed by atoms with van der Waals surface area (Å²) in [7, 11) is 0. The molecule has 0 radical (unpaired) electrons. The third-order valence-electron chi connectivity index (χ3n) is 6.92. The standard InChI is InChI=1S/C30H29N3O2S/c1-18-8-7-11-26(31-18)33-30(35)27-19(2)32-24-16-22(20-9-5-4-6-10-20)17-25(34)29(24)28(27)21-12-14-23(36-3)15-13-21/h4-15,22,28,32H,16-17H2,1-3H3,(H,31,33,35). The van der Waals surface area contributed by atoms with Crippen molar-refractivity contribution in [3.63, 3.8) is 0 Å². The number of dihydropyridines is 1. The van der Waals surface area contributed by atoms with E-state index in [-0.39, 0.29) is 17.6 Å². The highest BCUT2D eigenvalue weighted by molar-refractivity contribution is 7.98. The van der Waals surface area contributed by atoms with Crippen LogP contribution in [0.25, 0.3) is 0 Å². The minimum Gasteiger partial charge on any atom is -0.362 e. The number of pyridine rings is 1. The molecule has 0 saturated carbocycles. The minimum atomic E-state index is -0.439. The summed E-state index contributed by atoms with van der Waals surface area (Å²) in [6.45, 7) is 3.81. The summed E-state index contributed by atoms with van der Waals surface area (Å²) in [5.74, 6) is 0.00981. The Labute approximate surface area is 216 Å². The number of aryl methyl sites for hydroxylation is 1. The Morgan fingerprint density at radius 2 is 1.69 bits per heavy atom. The van der Waals surface area contributed by atoms with Crippen molar-refractivity contribution in [1.29, 1.82) is 0 Å². The Morgan fingerprint density at radius 1 is 0.944 bits per heavy atom. The molecule has 1 aliphatic carbocycles. The number of hydrogen-bond acceptors (Lipinski definition) is 5. The van der Waals surface area contributed by atoms with Crippen LogP contribution in [0.3, 0.4) is 0 Å². The van der Waals surface area contributed by atoms with Gasteiger partial charge in [0.15, 0.2) is 5.78 Å². The Kier molecular flexibility index (Phi) is 6.79. The zero-order valence-electron chi connectivity index (χ0n) is 20.7. The van der Waals surface area contributed by atoms with E-state index < -0.39 is 5.92 Å². The number of nitrogens with zero attached hydrogens (tertiary/aromatic N) is 1. The molecule has 2 heterocycles. The fourth-order valence-corrected chi connectivity index (χ4v) is 5.64. The van der Waals surface area contributed by atoms with Gasteiger partial charge >= 0.3 is 0 Å². The predicted molar refractivity (Wildman–Crippen MR) is 145 cm³/mol. The Balaban J connectivity index is 1.56. The first-order valence-electron chi connectivity index (χ1n) is 12.1.